The largest absolute Gasteiger partial charge is 0.460 e. The van der Waals surface area contributed by atoms with Crippen molar-refractivity contribution < 1.29 is 220 Å². The molecule has 0 radical (unpaired) electrons. The summed E-state index contributed by atoms with van der Waals surface area (Å²) in [7, 11) is 0. The van der Waals surface area contributed by atoms with Gasteiger partial charge in [-0.25, -0.2) is 65.9 Å². The molecule has 0 aliphatic carbocycles. The molecule has 0 fully saturated rings. The van der Waals surface area contributed by atoms with Crippen LogP contribution in [0.25, 0.3) is 5.83 Å². The van der Waals surface area contributed by atoms with Gasteiger partial charge in [-0.15, -0.1) is 66.5 Å². The molecule has 2 rings (SSSR count). The van der Waals surface area contributed by atoms with E-state index in [9.17, 15) is 220 Å². The lowest BCUT2D eigenvalue weighted by molar-refractivity contribution is -0.438. The summed E-state index contributed by atoms with van der Waals surface area (Å²) in [6, 6.07) is 0. The highest BCUT2D eigenvalue weighted by Crippen LogP contribution is 2.74. The molecule has 91 heavy (non-hydrogen) atoms. The maximum atomic E-state index is 14.2. The standard InChI is InChI=1S/C14Cl2F12Si.C12Cl2F26Si.C6Cl2F12Si/c15-29(16,13-10(25)6(21)5(20)7(22)11(13)26)12-8(23)2(17)1(3(18)9(12)24)4(19)14(27)28;13-41(14,11(37,38)7(27,28)3(19,20)1(15,16)5(23,24)9(31,32)33)12(39,40)8(29,30)4(21,22)2(17,18)6(25,26)10(34,35)36;7-21(8,2(11)1(9)10)3(4(12,13)14,5(15,16)17)6(18,19)20. The van der Waals surface area contributed by atoms with E-state index >= 15 is 0 Å². The Morgan fingerprint density at radius 2 is 0.462 bits per heavy atom. The number of rotatable bonds is 15. The van der Waals surface area contributed by atoms with Gasteiger partial charge >= 0.3 is 116 Å². The lowest BCUT2D eigenvalue weighted by atomic mass is 9.98. The summed E-state index contributed by atoms with van der Waals surface area (Å²) >= 11 is 26.8. The van der Waals surface area contributed by atoms with E-state index in [0.29, 0.717) is 0 Å². The smallest absolute Gasteiger partial charge is 0.208 e. The minimum absolute atomic E-state index is 2.20. The van der Waals surface area contributed by atoms with Gasteiger partial charge in [0.25, 0.3) is 11.1 Å². The molecule has 0 aromatic heterocycles. The van der Waals surface area contributed by atoms with Crippen LogP contribution in [0.2, 0.25) is 5.04 Å². The molecule has 2 aromatic rings. The Morgan fingerprint density at radius 3 is 0.659 bits per heavy atom. The summed E-state index contributed by atoms with van der Waals surface area (Å²) < 4.78 is 650. The third kappa shape index (κ3) is 13.0. The van der Waals surface area contributed by atoms with Crippen molar-refractivity contribution >= 4 is 103 Å². The number of halogens is 56. The Kier molecular flexibility index (Phi) is 24.5. The van der Waals surface area contributed by atoms with E-state index < -0.39 is 206 Å². The lowest BCUT2D eigenvalue weighted by Crippen LogP contribution is -2.80. The molecule has 0 amide bonds. The molecule has 0 heterocycles. The van der Waals surface area contributed by atoms with Gasteiger partial charge in [-0.05, 0) is 0 Å². The van der Waals surface area contributed by atoms with Crippen LogP contribution in [-0.4, -0.2) is 109 Å². The first-order chi connectivity index (χ1) is 39.0. The molecule has 0 bridgehead atoms. The van der Waals surface area contributed by atoms with Crippen molar-refractivity contribution in [2.45, 2.75) is 94.4 Å². The fourth-order valence-corrected chi connectivity index (χ4v) is 16.3. The quantitative estimate of drug-likeness (QED) is 0.0548. The topological polar surface area (TPSA) is 0 Å². The predicted octanol–water partition coefficient (Wildman–Crippen LogP) is 20.9. The highest BCUT2D eigenvalue weighted by Gasteiger charge is 3.00. The zero-order valence-corrected chi connectivity index (χ0v) is 46.2. The van der Waals surface area contributed by atoms with Crippen molar-refractivity contribution in [3.05, 3.63) is 75.5 Å². The molecule has 532 valence electrons. The van der Waals surface area contributed by atoms with E-state index in [4.69, 9.17) is 22.2 Å². The first-order valence-electron chi connectivity index (χ1n) is 19.1. The highest BCUT2D eigenvalue weighted by atomic mass is 35.7. The average Bonchev–Trinajstić information content (AvgIpc) is 0.696. The summed E-state index contributed by atoms with van der Waals surface area (Å²) in [4.78, 5) is 0. The van der Waals surface area contributed by atoms with Gasteiger partial charge in [-0.3, -0.25) is 0 Å². The van der Waals surface area contributed by atoms with Gasteiger partial charge in [0.2, 0.25) is 11.6 Å². The van der Waals surface area contributed by atoms with Gasteiger partial charge < -0.3 is 0 Å². The molecule has 0 saturated carbocycles. The van der Waals surface area contributed by atoms with Crippen LogP contribution in [0.4, 0.5) is 220 Å². The van der Waals surface area contributed by atoms with E-state index in [1.165, 1.54) is 0 Å². The summed E-state index contributed by atoms with van der Waals surface area (Å²) in [5, 5.41) is -11.5. The first-order valence-corrected chi connectivity index (χ1v) is 31.2. The van der Waals surface area contributed by atoms with E-state index in [1.54, 1.807) is 0 Å². The fourth-order valence-electron chi connectivity index (χ4n) is 5.63. The third-order valence-electron chi connectivity index (χ3n) is 10.3. The molecule has 0 N–H and O–H groups in total. The Bertz CT molecular complexity index is 2910. The van der Waals surface area contributed by atoms with Crippen LogP contribution in [0, 0.1) is 52.4 Å². The van der Waals surface area contributed by atoms with E-state index in [-0.39, 0.29) is 0 Å². The van der Waals surface area contributed by atoms with Crippen molar-refractivity contribution in [3.8, 4) is 0 Å². The molecule has 0 spiro atoms. The van der Waals surface area contributed by atoms with E-state index in [0.717, 1.165) is 0 Å². The first kappa shape index (κ1) is 87.8. The molecule has 2 aromatic carbocycles. The molecule has 0 aliphatic heterocycles. The van der Waals surface area contributed by atoms with Crippen molar-refractivity contribution in [3.63, 3.8) is 0 Å². The second-order valence-corrected chi connectivity index (χ2v) is 34.6. The van der Waals surface area contributed by atoms with Gasteiger partial charge in [0.15, 0.2) is 52.0 Å². The van der Waals surface area contributed by atoms with Crippen molar-refractivity contribution in [2.75, 3.05) is 0 Å². The second kappa shape index (κ2) is 25.3. The van der Waals surface area contributed by atoms with Crippen LogP contribution in [0.15, 0.2) is 17.6 Å². The number of alkyl halides is 35. The van der Waals surface area contributed by atoms with Crippen LogP contribution < -0.4 is 10.4 Å². The number of hydrogen-bond acceptors (Lipinski definition) is 0. The van der Waals surface area contributed by atoms with Crippen LogP contribution in [-0.2, 0) is 0 Å². The van der Waals surface area contributed by atoms with Crippen LogP contribution in [0.3, 0.4) is 0 Å². The molecule has 0 unspecified atom stereocenters. The Labute approximate surface area is 491 Å². The lowest BCUT2D eigenvalue weighted by Gasteiger charge is -2.46. The maximum Gasteiger partial charge on any atom is 0.460 e. The zero-order chi connectivity index (χ0) is 74.7. The SMILES string of the molecule is FC(F)(F)C(F)(F)C(F)(F)C(F)(F)C(F)(F)C(F)(F)[Si](Cl)(Cl)C(F)(F)C(F)(F)C(F)(F)C(F)(F)C(F)(F)C(F)(F)F.FC(F)=C(F)[Si](Cl)(Cl)C(C(F)(F)F)(C(F)(F)F)C(F)(F)F.FC(F)=C(F)c1c(F)c(F)c([Si](Cl)(Cl)c2c(F)c(F)c(F)c(F)c2F)c(F)c1F. The minimum Gasteiger partial charge on any atom is -0.208 e. The van der Waals surface area contributed by atoms with Gasteiger partial charge in [-0.2, -0.15) is 154 Å². The van der Waals surface area contributed by atoms with Crippen LogP contribution in [0.1, 0.15) is 5.56 Å². The Morgan fingerprint density at radius 1 is 0.253 bits per heavy atom. The summed E-state index contributed by atoms with van der Waals surface area (Å²) in [5.41, 5.74) is -23.9. The van der Waals surface area contributed by atoms with Crippen molar-refractivity contribution in [1.82, 2.24) is 0 Å². The summed E-state index contributed by atoms with van der Waals surface area (Å²) in [5.74, 6) is -99.4. The molecule has 0 atom stereocenters. The molecule has 0 saturated heterocycles. The van der Waals surface area contributed by atoms with Gasteiger partial charge in [0, 0.05) is 0 Å². The maximum absolute atomic E-state index is 14.2. The van der Waals surface area contributed by atoms with Gasteiger partial charge in [0.05, 0.1) is 15.9 Å². The molecule has 59 heteroatoms. The normalized spacial score (nSPS) is 15.0. The summed E-state index contributed by atoms with van der Waals surface area (Å²) in [6.07, 6.45) is -45.5. The zero-order valence-electron chi connectivity index (χ0n) is 38.7. The monoisotopic (exact) mass is 1630 g/mol. The average molecular weight is 1630 g/mol. The molecule has 0 nitrogen and oxygen atoms in total. The van der Waals surface area contributed by atoms with Crippen molar-refractivity contribution in [2.24, 2.45) is 0 Å². The van der Waals surface area contributed by atoms with E-state index in [2.05, 4.69) is 44.3 Å². The predicted molar refractivity (Wildman–Crippen MR) is 207 cm³/mol. The fraction of sp³-hybridized carbons (Fsp3) is 0.500. The highest BCUT2D eigenvalue weighted by molar-refractivity contribution is 7.56. The number of hydrogen-bond donors (Lipinski definition) is 0. The van der Waals surface area contributed by atoms with Crippen LogP contribution >= 0.6 is 66.5 Å². The second-order valence-electron chi connectivity index (χ2n) is 15.8. The summed E-state index contributed by atoms with van der Waals surface area (Å²) in [6.45, 7) is -23.3. The minimum atomic E-state index is -9.92. The van der Waals surface area contributed by atoms with Gasteiger partial charge in [-0.1, -0.05) is 0 Å². The molecular formula is C32Cl6F50Si3. The Hall–Kier alpha value is -3.19. The third-order valence-corrected chi connectivity index (χ3v) is 25.0. The van der Waals surface area contributed by atoms with Crippen LogP contribution in [0.5, 0.6) is 0 Å². The Balaban J connectivity index is 0.00000141. The molecular weight excluding hydrogens is 1630 g/mol. The molecule has 0 aliphatic rings. The number of benzene rings is 2. The van der Waals surface area contributed by atoms with Crippen molar-refractivity contribution in [1.29, 1.82) is 0 Å². The van der Waals surface area contributed by atoms with E-state index in [1.807, 2.05) is 0 Å². The van der Waals surface area contributed by atoms with Gasteiger partial charge in [0.1, 0.15) is 0 Å².